The van der Waals surface area contributed by atoms with Gasteiger partial charge in [0.15, 0.2) is 0 Å². The van der Waals surface area contributed by atoms with Crippen LogP contribution in [-0.4, -0.2) is 25.7 Å². The van der Waals surface area contributed by atoms with E-state index in [0.29, 0.717) is 13.0 Å². The molecule has 0 fully saturated rings. The third kappa shape index (κ3) is 4.13. The maximum atomic E-state index is 11.9. The quantitative estimate of drug-likeness (QED) is 0.759. The Morgan fingerprint density at radius 2 is 2.17 bits per heavy atom. The van der Waals surface area contributed by atoms with E-state index < -0.39 is 6.04 Å². The Bertz CT molecular complexity index is 405. The molecule has 3 N–H and O–H groups in total. The van der Waals surface area contributed by atoms with Crippen molar-refractivity contribution < 1.29 is 9.53 Å². The molecular weight excluding hydrogens is 228 g/mol. The van der Waals surface area contributed by atoms with Gasteiger partial charge >= 0.3 is 0 Å². The molecule has 1 aromatic rings. The first-order valence-corrected chi connectivity index (χ1v) is 6.18. The van der Waals surface area contributed by atoms with Crippen molar-refractivity contribution in [2.24, 2.45) is 5.73 Å². The predicted molar refractivity (Wildman–Crippen MR) is 73.6 cm³/mol. The van der Waals surface area contributed by atoms with Crippen molar-refractivity contribution in [2.75, 3.05) is 19.0 Å². The van der Waals surface area contributed by atoms with E-state index in [0.717, 1.165) is 23.2 Å². The normalized spacial score (nSPS) is 12.2. The Morgan fingerprint density at radius 1 is 1.44 bits per heavy atom. The van der Waals surface area contributed by atoms with Gasteiger partial charge in [-0.1, -0.05) is 12.1 Å². The topological polar surface area (TPSA) is 64.3 Å². The minimum atomic E-state index is -0.486. The number of nitrogens with two attached hydrogens (primary N) is 1. The van der Waals surface area contributed by atoms with E-state index >= 15 is 0 Å². The monoisotopic (exact) mass is 250 g/mol. The molecule has 0 saturated heterocycles. The van der Waals surface area contributed by atoms with Gasteiger partial charge in [-0.3, -0.25) is 4.79 Å². The smallest absolute Gasteiger partial charge is 0.241 e. The Kier molecular flexibility index (Phi) is 5.82. The average Bonchev–Trinajstić information content (AvgIpc) is 2.35. The van der Waals surface area contributed by atoms with Gasteiger partial charge in [0.25, 0.3) is 0 Å². The number of rotatable bonds is 6. The van der Waals surface area contributed by atoms with Crippen molar-refractivity contribution in [1.29, 1.82) is 0 Å². The van der Waals surface area contributed by atoms with Gasteiger partial charge in [-0.15, -0.1) is 0 Å². The second-order valence-electron chi connectivity index (χ2n) is 4.48. The third-order valence-corrected chi connectivity index (χ3v) is 3.06. The van der Waals surface area contributed by atoms with E-state index in [1.807, 2.05) is 32.0 Å². The van der Waals surface area contributed by atoms with Gasteiger partial charge in [0, 0.05) is 19.4 Å². The van der Waals surface area contributed by atoms with Gasteiger partial charge in [-0.25, -0.2) is 0 Å². The maximum absolute atomic E-state index is 11.9. The van der Waals surface area contributed by atoms with Crippen LogP contribution in [0.1, 0.15) is 24.0 Å². The minimum Gasteiger partial charge on any atom is -0.385 e. The number of ether oxygens (including phenoxy) is 1. The number of nitrogens with one attached hydrogen (secondary N) is 1. The van der Waals surface area contributed by atoms with Crippen molar-refractivity contribution >= 4 is 11.6 Å². The summed E-state index contributed by atoms with van der Waals surface area (Å²) in [5.41, 5.74) is 8.89. The molecule has 4 heteroatoms. The van der Waals surface area contributed by atoms with Crippen LogP contribution >= 0.6 is 0 Å². The zero-order valence-corrected chi connectivity index (χ0v) is 11.3. The first-order chi connectivity index (χ1) is 8.56. The first-order valence-electron chi connectivity index (χ1n) is 6.18. The standard InChI is InChI=1S/C14H22N2O2/c1-10-6-4-8-13(11(10)2)16-14(17)12(15)7-5-9-18-3/h4,6,8,12H,5,7,9,15H2,1-3H3,(H,16,17). The van der Waals surface area contributed by atoms with Crippen LogP contribution in [0.5, 0.6) is 0 Å². The summed E-state index contributed by atoms with van der Waals surface area (Å²) >= 11 is 0. The molecule has 18 heavy (non-hydrogen) atoms. The molecule has 1 amide bonds. The lowest BCUT2D eigenvalue weighted by Crippen LogP contribution is -2.36. The molecule has 0 heterocycles. The number of hydrogen-bond donors (Lipinski definition) is 2. The molecule has 1 rings (SSSR count). The highest BCUT2D eigenvalue weighted by molar-refractivity contribution is 5.95. The van der Waals surface area contributed by atoms with E-state index in [2.05, 4.69) is 5.32 Å². The lowest BCUT2D eigenvalue weighted by atomic mass is 10.1. The van der Waals surface area contributed by atoms with Crippen LogP contribution in [0.4, 0.5) is 5.69 Å². The Balaban J connectivity index is 2.56. The molecule has 0 aromatic heterocycles. The third-order valence-electron chi connectivity index (χ3n) is 3.06. The highest BCUT2D eigenvalue weighted by Gasteiger charge is 2.14. The summed E-state index contributed by atoms with van der Waals surface area (Å²) in [5.74, 6) is -0.139. The maximum Gasteiger partial charge on any atom is 0.241 e. The summed E-state index contributed by atoms with van der Waals surface area (Å²) in [6, 6.07) is 5.35. The van der Waals surface area contributed by atoms with E-state index in [-0.39, 0.29) is 5.91 Å². The number of amides is 1. The van der Waals surface area contributed by atoms with Crippen molar-refractivity contribution in [2.45, 2.75) is 32.7 Å². The van der Waals surface area contributed by atoms with Crippen molar-refractivity contribution in [1.82, 2.24) is 0 Å². The summed E-state index contributed by atoms with van der Waals surface area (Å²) in [6.07, 6.45) is 1.42. The first kappa shape index (κ1) is 14.7. The molecular formula is C14H22N2O2. The Morgan fingerprint density at radius 3 is 2.83 bits per heavy atom. The van der Waals surface area contributed by atoms with Gasteiger partial charge in [-0.05, 0) is 43.9 Å². The minimum absolute atomic E-state index is 0.139. The predicted octanol–water partition coefficient (Wildman–Crippen LogP) is 2.00. The zero-order valence-electron chi connectivity index (χ0n) is 11.3. The van der Waals surface area contributed by atoms with Crippen LogP contribution in [0, 0.1) is 13.8 Å². The highest BCUT2D eigenvalue weighted by atomic mass is 16.5. The molecule has 1 aromatic carbocycles. The Hall–Kier alpha value is -1.39. The molecule has 0 saturated carbocycles. The van der Waals surface area contributed by atoms with Gasteiger partial charge in [-0.2, -0.15) is 0 Å². The molecule has 1 unspecified atom stereocenters. The van der Waals surface area contributed by atoms with Crippen LogP contribution in [0.2, 0.25) is 0 Å². The van der Waals surface area contributed by atoms with E-state index in [1.54, 1.807) is 7.11 Å². The van der Waals surface area contributed by atoms with Gasteiger partial charge in [0.1, 0.15) is 0 Å². The fourth-order valence-corrected chi connectivity index (χ4v) is 1.69. The van der Waals surface area contributed by atoms with Crippen molar-refractivity contribution in [3.8, 4) is 0 Å². The fourth-order valence-electron chi connectivity index (χ4n) is 1.69. The number of carbonyl (C=O) groups is 1. The number of anilines is 1. The molecule has 100 valence electrons. The number of aryl methyl sites for hydroxylation is 1. The highest BCUT2D eigenvalue weighted by Crippen LogP contribution is 2.18. The largest absolute Gasteiger partial charge is 0.385 e. The van der Waals surface area contributed by atoms with Crippen molar-refractivity contribution in [3.05, 3.63) is 29.3 Å². The summed E-state index contributed by atoms with van der Waals surface area (Å²) in [4.78, 5) is 11.9. The van der Waals surface area contributed by atoms with Crippen LogP contribution in [-0.2, 0) is 9.53 Å². The zero-order chi connectivity index (χ0) is 13.5. The van der Waals surface area contributed by atoms with Crippen LogP contribution in [0.25, 0.3) is 0 Å². The number of carbonyl (C=O) groups excluding carboxylic acids is 1. The van der Waals surface area contributed by atoms with E-state index in [1.165, 1.54) is 0 Å². The average molecular weight is 250 g/mol. The van der Waals surface area contributed by atoms with Gasteiger partial charge < -0.3 is 15.8 Å². The summed E-state index contributed by atoms with van der Waals surface area (Å²) in [7, 11) is 1.64. The molecule has 0 spiro atoms. The number of methoxy groups -OCH3 is 1. The lowest BCUT2D eigenvalue weighted by Gasteiger charge is -2.14. The molecule has 0 aliphatic carbocycles. The van der Waals surface area contributed by atoms with Crippen LogP contribution in [0.3, 0.4) is 0 Å². The van der Waals surface area contributed by atoms with E-state index in [9.17, 15) is 4.79 Å². The summed E-state index contributed by atoms with van der Waals surface area (Å²) in [5, 5.41) is 2.87. The molecule has 1 atom stereocenters. The summed E-state index contributed by atoms with van der Waals surface area (Å²) in [6.45, 7) is 4.63. The van der Waals surface area contributed by atoms with Gasteiger partial charge in [0.2, 0.25) is 5.91 Å². The fraction of sp³-hybridized carbons (Fsp3) is 0.500. The Labute approximate surface area is 109 Å². The van der Waals surface area contributed by atoms with Gasteiger partial charge in [0.05, 0.1) is 6.04 Å². The van der Waals surface area contributed by atoms with Crippen LogP contribution < -0.4 is 11.1 Å². The number of benzene rings is 1. The molecule has 0 bridgehead atoms. The van der Waals surface area contributed by atoms with Crippen molar-refractivity contribution in [3.63, 3.8) is 0 Å². The molecule has 0 aliphatic rings. The summed E-state index contributed by atoms with van der Waals surface area (Å²) < 4.78 is 4.94. The molecule has 0 radical (unpaired) electrons. The molecule has 0 aliphatic heterocycles. The van der Waals surface area contributed by atoms with Crippen LogP contribution in [0.15, 0.2) is 18.2 Å². The SMILES string of the molecule is COCCCC(N)C(=O)Nc1cccc(C)c1C. The number of hydrogen-bond acceptors (Lipinski definition) is 3. The second kappa shape index (κ2) is 7.13. The second-order valence-corrected chi connectivity index (χ2v) is 4.48. The van der Waals surface area contributed by atoms with E-state index in [4.69, 9.17) is 10.5 Å². The molecule has 4 nitrogen and oxygen atoms in total. The lowest BCUT2D eigenvalue weighted by molar-refractivity contribution is -0.117.